The molecule has 218 valence electrons. The lowest BCUT2D eigenvalue weighted by Gasteiger charge is -2.38. The van der Waals surface area contributed by atoms with Crippen molar-refractivity contribution in [2.75, 3.05) is 25.0 Å². The van der Waals surface area contributed by atoms with E-state index in [2.05, 4.69) is 10.2 Å². The molecular weight excluding hydrogens is 512 g/mol. The molecule has 2 heterocycles. The molecule has 40 heavy (non-hydrogen) atoms. The van der Waals surface area contributed by atoms with E-state index in [0.717, 1.165) is 61.9 Å². The Morgan fingerprint density at radius 2 is 1.60 bits per heavy atom. The second-order valence-electron chi connectivity index (χ2n) is 10.8. The Kier molecular flexibility index (Phi) is 11.5. The van der Waals surface area contributed by atoms with Gasteiger partial charge >= 0.3 is 5.97 Å². The fraction of sp³-hybridized carbons (Fsp3) is 0.548. The fourth-order valence-electron chi connectivity index (χ4n) is 5.50. The van der Waals surface area contributed by atoms with Crippen LogP contribution in [-0.4, -0.2) is 63.9 Å². The third kappa shape index (κ3) is 8.84. The highest BCUT2D eigenvalue weighted by molar-refractivity contribution is 5.90. The van der Waals surface area contributed by atoms with Crippen LogP contribution in [0.3, 0.4) is 0 Å². The molecule has 1 amide bonds. The van der Waals surface area contributed by atoms with E-state index in [4.69, 9.17) is 14.6 Å². The average Bonchev–Trinajstić information content (AvgIpc) is 3.42. The van der Waals surface area contributed by atoms with Crippen molar-refractivity contribution < 1.29 is 34.4 Å². The van der Waals surface area contributed by atoms with E-state index in [1.54, 1.807) is 0 Å². The lowest BCUT2D eigenvalue weighted by molar-refractivity contribution is -0.253. The summed E-state index contributed by atoms with van der Waals surface area (Å²) in [7, 11) is 0. The van der Waals surface area contributed by atoms with E-state index >= 15 is 0 Å². The lowest BCUT2D eigenvalue weighted by Crippen LogP contribution is -2.42. The van der Waals surface area contributed by atoms with Crippen molar-refractivity contribution in [2.24, 2.45) is 0 Å². The minimum Gasteiger partial charge on any atom is -0.481 e. The number of nitrogens with one attached hydrogen (secondary N) is 1. The minimum absolute atomic E-state index is 0.00659. The molecule has 9 heteroatoms. The van der Waals surface area contributed by atoms with E-state index in [0.29, 0.717) is 24.9 Å². The summed E-state index contributed by atoms with van der Waals surface area (Å²) >= 11 is 0. The van der Waals surface area contributed by atoms with Gasteiger partial charge in [-0.2, -0.15) is 0 Å². The van der Waals surface area contributed by atoms with Gasteiger partial charge in [-0.1, -0.05) is 49.2 Å². The van der Waals surface area contributed by atoms with Gasteiger partial charge in [0.15, 0.2) is 6.29 Å². The van der Waals surface area contributed by atoms with Crippen LogP contribution in [0.2, 0.25) is 0 Å². The van der Waals surface area contributed by atoms with E-state index in [-0.39, 0.29) is 43.8 Å². The molecule has 0 saturated carbocycles. The highest BCUT2D eigenvalue weighted by Gasteiger charge is 2.35. The van der Waals surface area contributed by atoms with Crippen LogP contribution in [0.15, 0.2) is 48.5 Å². The number of hydrogen-bond donors (Lipinski definition) is 4. The number of benzene rings is 2. The number of amides is 1. The van der Waals surface area contributed by atoms with Crippen molar-refractivity contribution in [3.63, 3.8) is 0 Å². The maximum absolute atomic E-state index is 12.4. The molecule has 2 fully saturated rings. The van der Waals surface area contributed by atoms with E-state index in [1.165, 1.54) is 0 Å². The summed E-state index contributed by atoms with van der Waals surface area (Å²) in [5.74, 6) is -0.846. The van der Waals surface area contributed by atoms with Gasteiger partial charge in [-0.3, -0.25) is 14.5 Å². The molecule has 4 atom stereocenters. The molecule has 0 aliphatic carbocycles. The van der Waals surface area contributed by atoms with E-state index < -0.39 is 12.3 Å². The second kappa shape index (κ2) is 15.3. The Morgan fingerprint density at radius 3 is 2.27 bits per heavy atom. The van der Waals surface area contributed by atoms with Crippen LogP contribution in [0.1, 0.15) is 86.9 Å². The molecule has 2 saturated heterocycles. The Morgan fingerprint density at radius 1 is 0.900 bits per heavy atom. The Balaban J connectivity index is 1.36. The number of carboxylic acids is 1. The van der Waals surface area contributed by atoms with Gasteiger partial charge in [-0.25, -0.2) is 0 Å². The molecule has 0 bridgehead atoms. The van der Waals surface area contributed by atoms with Crippen LogP contribution < -0.4 is 5.32 Å². The quantitative estimate of drug-likeness (QED) is 0.251. The number of carbonyl (C=O) groups excluding carboxylic acids is 1. The number of hydrogen-bond acceptors (Lipinski definition) is 7. The number of anilines is 1. The zero-order valence-electron chi connectivity index (χ0n) is 23.0. The third-order valence-corrected chi connectivity index (χ3v) is 7.77. The highest BCUT2D eigenvalue weighted by Crippen LogP contribution is 2.39. The molecule has 0 aromatic heterocycles. The molecule has 4 unspecified atom stereocenters. The van der Waals surface area contributed by atoms with Gasteiger partial charge < -0.3 is 30.1 Å². The molecule has 0 radical (unpaired) electrons. The zero-order chi connectivity index (χ0) is 28.3. The van der Waals surface area contributed by atoms with Crippen molar-refractivity contribution in [3.05, 3.63) is 65.2 Å². The first kappa shape index (κ1) is 30.1. The number of likely N-dealkylation sites (tertiary alicyclic amines) is 1. The van der Waals surface area contributed by atoms with Crippen molar-refractivity contribution in [1.82, 2.24) is 4.90 Å². The summed E-state index contributed by atoms with van der Waals surface area (Å²) in [6.45, 7) is 1.81. The number of aliphatic hydroxyl groups excluding tert-OH is 2. The van der Waals surface area contributed by atoms with E-state index in [1.807, 2.05) is 48.5 Å². The Bertz CT molecular complexity index is 1080. The molecule has 9 nitrogen and oxygen atoms in total. The average molecular weight is 555 g/mol. The summed E-state index contributed by atoms with van der Waals surface area (Å²) in [4.78, 5) is 25.2. The number of nitrogens with zero attached hydrogens (tertiary/aromatic N) is 1. The van der Waals surface area contributed by atoms with Crippen LogP contribution >= 0.6 is 0 Å². The maximum Gasteiger partial charge on any atom is 0.303 e. The number of aliphatic carboxylic acids is 1. The van der Waals surface area contributed by atoms with Crippen LogP contribution in [0.5, 0.6) is 0 Å². The van der Waals surface area contributed by atoms with Gasteiger partial charge in [0, 0.05) is 43.1 Å². The number of carbonyl (C=O) groups is 2. The second-order valence-corrected chi connectivity index (χ2v) is 10.8. The van der Waals surface area contributed by atoms with Crippen molar-refractivity contribution in [2.45, 2.75) is 88.9 Å². The molecule has 4 rings (SSSR count). The topological polar surface area (TPSA) is 129 Å². The molecule has 2 aliphatic rings. The Hall–Kier alpha value is -2.82. The fourth-order valence-corrected chi connectivity index (χ4v) is 5.50. The minimum atomic E-state index is -0.783. The number of carboxylic acid groups (broad SMARTS) is 1. The molecule has 2 aliphatic heterocycles. The number of aliphatic hydroxyl groups is 2. The van der Waals surface area contributed by atoms with Crippen molar-refractivity contribution in [1.29, 1.82) is 0 Å². The maximum atomic E-state index is 12.4. The number of unbranched alkanes of at least 4 members (excludes halogenated alkanes) is 3. The molecule has 0 spiro atoms. The monoisotopic (exact) mass is 554 g/mol. The summed E-state index contributed by atoms with van der Waals surface area (Å²) in [6.07, 6.45) is 5.49. The molecule has 4 N–H and O–H groups in total. The standard InChI is InChI=1S/C31H42N2O7/c34-20-22-9-11-23(12-10-22)28-18-27(19-33-17-5-6-26(33)21-35)39-31(40-28)24-13-15-25(16-14-24)32-29(36)7-3-1-2-4-8-30(37)38/h9-16,26-28,31,34-35H,1-8,17-21H2,(H,32,36)(H,37,38). The van der Waals surface area contributed by atoms with Crippen LogP contribution in [0.25, 0.3) is 0 Å². The van der Waals surface area contributed by atoms with Gasteiger partial charge in [0.2, 0.25) is 5.91 Å². The van der Waals surface area contributed by atoms with Crippen molar-refractivity contribution in [3.8, 4) is 0 Å². The normalized spacial score (nSPS) is 23.2. The van der Waals surface area contributed by atoms with Crippen LogP contribution in [0.4, 0.5) is 5.69 Å². The summed E-state index contributed by atoms with van der Waals surface area (Å²) in [5.41, 5.74) is 3.44. The number of ether oxygens (including phenoxy) is 2. The largest absolute Gasteiger partial charge is 0.481 e. The number of rotatable bonds is 14. The molecule has 2 aromatic rings. The highest BCUT2D eigenvalue weighted by atomic mass is 16.7. The predicted octanol–water partition coefficient (Wildman–Crippen LogP) is 4.54. The summed E-state index contributed by atoms with van der Waals surface area (Å²) in [6, 6.07) is 15.5. The molecular formula is C31H42N2O7. The van der Waals surface area contributed by atoms with Gasteiger partial charge in [0.05, 0.1) is 25.4 Å². The van der Waals surface area contributed by atoms with Crippen molar-refractivity contribution >= 4 is 17.6 Å². The summed E-state index contributed by atoms with van der Waals surface area (Å²) < 4.78 is 12.9. The van der Waals surface area contributed by atoms with Crippen LogP contribution in [0, 0.1) is 0 Å². The zero-order valence-corrected chi connectivity index (χ0v) is 23.0. The third-order valence-electron chi connectivity index (χ3n) is 7.77. The first-order chi connectivity index (χ1) is 19.4. The van der Waals surface area contributed by atoms with Gasteiger partial charge in [-0.15, -0.1) is 0 Å². The SMILES string of the molecule is O=C(O)CCCCCCC(=O)Nc1ccc(C2OC(CN3CCCC3CO)CC(c3ccc(CO)cc3)O2)cc1. The first-order valence-corrected chi connectivity index (χ1v) is 14.4. The predicted molar refractivity (Wildman–Crippen MR) is 151 cm³/mol. The smallest absolute Gasteiger partial charge is 0.303 e. The molecule has 2 aromatic carbocycles. The summed E-state index contributed by atoms with van der Waals surface area (Å²) in [5, 5.41) is 30.8. The van der Waals surface area contributed by atoms with Gasteiger partial charge in [0.1, 0.15) is 0 Å². The Labute approximate surface area is 236 Å². The van der Waals surface area contributed by atoms with Gasteiger partial charge in [-0.05, 0) is 55.5 Å². The van der Waals surface area contributed by atoms with Gasteiger partial charge in [0.25, 0.3) is 0 Å². The lowest BCUT2D eigenvalue weighted by atomic mass is 9.99. The first-order valence-electron chi connectivity index (χ1n) is 14.4. The van der Waals surface area contributed by atoms with E-state index in [9.17, 15) is 19.8 Å². The van der Waals surface area contributed by atoms with Crippen LogP contribution in [-0.2, 0) is 25.7 Å².